The van der Waals surface area contributed by atoms with Crippen molar-refractivity contribution in [2.75, 3.05) is 23.3 Å². The van der Waals surface area contributed by atoms with Crippen molar-refractivity contribution in [1.82, 2.24) is 9.97 Å². The molecule has 0 saturated heterocycles. The van der Waals surface area contributed by atoms with Crippen molar-refractivity contribution in [2.45, 2.75) is 19.8 Å². The Morgan fingerprint density at radius 1 is 1.07 bits per heavy atom. The lowest BCUT2D eigenvalue weighted by molar-refractivity contribution is 0.766. The van der Waals surface area contributed by atoms with Gasteiger partial charge in [0.25, 0.3) is 0 Å². The first kappa shape index (κ1) is 18.6. The van der Waals surface area contributed by atoms with Gasteiger partial charge in [-0.3, -0.25) is 4.98 Å². The number of fused-ring (bicyclic) bond motifs is 1. The number of pyridine rings is 2. The SMILES string of the molecule is C=CCCN(CCC)c1ccc2nccc(Nc3ccc(C=C)cn3)c2c1. The highest BCUT2D eigenvalue weighted by atomic mass is 15.1. The standard InChI is InChI=1S/C23H26N4/c1-4-7-15-27(14-5-2)19-9-10-21-20(16-19)22(12-13-24-21)26-23-11-8-18(6-3)17-25-23/h4,6,8-13,16-17H,1,3,5,7,14-15H2,2H3,(H,24,25,26). The van der Waals surface area contributed by atoms with E-state index in [0.717, 1.165) is 53.9 Å². The maximum absolute atomic E-state index is 4.51. The third kappa shape index (κ3) is 4.53. The summed E-state index contributed by atoms with van der Waals surface area (Å²) in [6.07, 6.45) is 9.46. The lowest BCUT2D eigenvalue weighted by atomic mass is 10.1. The first-order chi connectivity index (χ1) is 13.2. The summed E-state index contributed by atoms with van der Waals surface area (Å²) in [6, 6.07) is 12.4. The van der Waals surface area contributed by atoms with Gasteiger partial charge in [-0.1, -0.05) is 25.7 Å². The number of rotatable bonds is 9. The predicted molar refractivity (Wildman–Crippen MR) is 117 cm³/mol. The summed E-state index contributed by atoms with van der Waals surface area (Å²) in [5.74, 6) is 0.801. The molecule has 0 radical (unpaired) electrons. The Bertz CT molecular complexity index is 915. The average Bonchev–Trinajstić information content (AvgIpc) is 2.71. The van der Waals surface area contributed by atoms with Gasteiger partial charge >= 0.3 is 0 Å². The maximum Gasteiger partial charge on any atom is 0.130 e. The largest absolute Gasteiger partial charge is 0.371 e. The fraction of sp³-hybridized carbons (Fsp3) is 0.217. The summed E-state index contributed by atoms with van der Waals surface area (Å²) in [5.41, 5.74) is 4.17. The third-order valence-corrected chi connectivity index (χ3v) is 4.47. The Morgan fingerprint density at radius 2 is 1.96 bits per heavy atom. The molecule has 0 amide bonds. The van der Waals surface area contributed by atoms with E-state index < -0.39 is 0 Å². The zero-order valence-corrected chi connectivity index (χ0v) is 15.9. The van der Waals surface area contributed by atoms with Gasteiger partial charge in [0.05, 0.1) is 11.2 Å². The highest BCUT2D eigenvalue weighted by Crippen LogP contribution is 2.29. The van der Waals surface area contributed by atoms with Crippen LogP contribution in [0.3, 0.4) is 0 Å². The van der Waals surface area contributed by atoms with Crippen LogP contribution in [0.5, 0.6) is 0 Å². The zero-order valence-electron chi connectivity index (χ0n) is 15.9. The van der Waals surface area contributed by atoms with Crippen molar-refractivity contribution in [3.05, 3.63) is 73.6 Å². The van der Waals surface area contributed by atoms with E-state index in [-0.39, 0.29) is 0 Å². The van der Waals surface area contributed by atoms with E-state index in [1.54, 1.807) is 6.08 Å². The fourth-order valence-corrected chi connectivity index (χ4v) is 3.06. The van der Waals surface area contributed by atoms with E-state index >= 15 is 0 Å². The van der Waals surface area contributed by atoms with E-state index in [1.807, 2.05) is 36.7 Å². The average molecular weight is 358 g/mol. The second-order valence-electron chi connectivity index (χ2n) is 6.43. The van der Waals surface area contributed by atoms with E-state index in [1.165, 1.54) is 5.69 Å². The molecule has 2 aromatic heterocycles. The minimum absolute atomic E-state index is 0.801. The van der Waals surface area contributed by atoms with Crippen molar-refractivity contribution >= 4 is 34.2 Å². The minimum atomic E-state index is 0.801. The molecule has 0 bridgehead atoms. The quantitative estimate of drug-likeness (QED) is 0.490. The number of nitrogens with one attached hydrogen (secondary N) is 1. The summed E-state index contributed by atoms with van der Waals surface area (Å²) < 4.78 is 0. The molecule has 0 aliphatic rings. The zero-order chi connectivity index (χ0) is 19.1. The second kappa shape index (κ2) is 8.99. The predicted octanol–water partition coefficient (Wildman–Crippen LogP) is 5.81. The van der Waals surface area contributed by atoms with Crippen LogP contribution in [-0.2, 0) is 0 Å². The first-order valence-corrected chi connectivity index (χ1v) is 9.35. The molecule has 2 heterocycles. The smallest absolute Gasteiger partial charge is 0.130 e. The van der Waals surface area contributed by atoms with Crippen molar-refractivity contribution in [1.29, 1.82) is 0 Å². The molecule has 0 unspecified atom stereocenters. The van der Waals surface area contributed by atoms with Crippen LogP contribution in [0.15, 0.2) is 68.0 Å². The van der Waals surface area contributed by atoms with Crippen LogP contribution >= 0.6 is 0 Å². The Kier molecular flexibility index (Phi) is 6.21. The van der Waals surface area contributed by atoms with Crippen LogP contribution in [-0.4, -0.2) is 23.1 Å². The van der Waals surface area contributed by atoms with E-state index in [0.29, 0.717) is 0 Å². The maximum atomic E-state index is 4.51. The van der Waals surface area contributed by atoms with Gasteiger partial charge < -0.3 is 10.2 Å². The number of benzene rings is 1. The van der Waals surface area contributed by atoms with Gasteiger partial charge in [0.2, 0.25) is 0 Å². The van der Waals surface area contributed by atoms with E-state index in [9.17, 15) is 0 Å². The summed E-state index contributed by atoms with van der Waals surface area (Å²) in [5, 5.41) is 4.51. The van der Waals surface area contributed by atoms with Gasteiger partial charge in [0, 0.05) is 36.6 Å². The van der Waals surface area contributed by atoms with Crippen LogP contribution in [0.25, 0.3) is 17.0 Å². The Morgan fingerprint density at radius 3 is 2.67 bits per heavy atom. The Labute approximate surface area is 161 Å². The van der Waals surface area contributed by atoms with Gasteiger partial charge in [-0.2, -0.15) is 0 Å². The van der Waals surface area contributed by atoms with Crippen molar-refractivity contribution in [3.63, 3.8) is 0 Å². The molecule has 0 fully saturated rings. The van der Waals surface area contributed by atoms with Crippen molar-refractivity contribution < 1.29 is 0 Å². The molecular formula is C23H26N4. The van der Waals surface area contributed by atoms with Gasteiger partial charge in [0.15, 0.2) is 0 Å². The van der Waals surface area contributed by atoms with Crippen molar-refractivity contribution in [3.8, 4) is 0 Å². The number of hydrogen-bond acceptors (Lipinski definition) is 4. The topological polar surface area (TPSA) is 41.1 Å². The molecule has 0 atom stereocenters. The highest BCUT2D eigenvalue weighted by molar-refractivity contribution is 5.94. The highest BCUT2D eigenvalue weighted by Gasteiger charge is 2.09. The molecule has 0 aliphatic carbocycles. The van der Waals surface area contributed by atoms with Crippen molar-refractivity contribution in [2.24, 2.45) is 0 Å². The Balaban J connectivity index is 1.94. The van der Waals surface area contributed by atoms with Crippen LogP contribution in [0.4, 0.5) is 17.2 Å². The summed E-state index contributed by atoms with van der Waals surface area (Å²) >= 11 is 0. The Hall–Kier alpha value is -3.14. The third-order valence-electron chi connectivity index (χ3n) is 4.47. The molecule has 138 valence electrons. The molecule has 0 aliphatic heterocycles. The van der Waals surface area contributed by atoms with Crippen LogP contribution < -0.4 is 10.2 Å². The molecule has 0 saturated carbocycles. The molecule has 3 rings (SSSR count). The van der Waals surface area contributed by atoms with Gasteiger partial charge in [-0.25, -0.2) is 4.98 Å². The van der Waals surface area contributed by atoms with Crippen LogP contribution in [0, 0.1) is 0 Å². The summed E-state index contributed by atoms with van der Waals surface area (Å²) in [7, 11) is 0. The molecule has 3 aromatic rings. The van der Waals surface area contributed by atoms with Crippen LogP contribution in [0.1, 0.15) is 25.3 Å². The lowest BCUT2D eigenvalue weighted by Crippen LogP contribution is -2.24. The molecule has 27 heavy (non-hydrogen) atoms. The van der Waals surface area contributed by atoms with E-state index in [2.05, 4.69) is 58.5 Å². The number of anilines is 3. The van der Waals surface area contributed by atoms with Gasteiger partial charge in [-0.15, -0.1) is 6.58 Å². The normalized spacial score (nSPS) is 10.6. The minimum Gasteiger partial charge on any atom is -0.371 e. The second-order valence-corrected chi connectivity index (χ2v) is 6.43. The fourth-order valence-electron chi connectivity index (χ4n) is 3.06. The first-order valence-electron chi connectivity index (χ1n) is 9.35. The summed E-state index contributed by atoms with van der Waals surface area (Å²) in [6.45, 7) is 11.8. The molecular weight excluding hydrogens is 332 g/mol. The number of hydrogen-bond donors (Lipinski definition) is 1. The molecule has 0 spiro atoms. The monoisotopic (exact) mass is 358 g/mol. The molecule has 1 aromatic carbocycles. The van der Waals surface area contributed by atoms with E-state index in [4.69, 9.17) is 0 Å². The molecule has 1 N–H and O–H groups in total. The number of aromatic nitrogens is 2. The number of nitrogens with zero attached hydrogens (tertiary/aromatic N) is 3. The lowest BCUT2D eigenvalue weighted by Gasteiger charge is -2.24. The summed E-state index contributed by atoms with van der Waals surface area (Å²) in [4.78, 5) is 11.4. The van der Waals surface area contributed by atoms with Gasteiger partial charge in [-0.05, 0) is 54.8 Å². The molecule has 4 nitrogen and oxygen atoms in total. The van der Waals surface area contributed by atoms with Crippen LogP contribution in [0.2, 0.25) is 0 Å². The molecule has 4 heteroatoms. The van der Waals surface area contributed by atoms with Gasteiger partial charge in [0.1, 0.15) is 5.82 Å².